The Kier molecular flexibility index (Phi) is 3.64. The smallest absolute Gasteiger partial charge is 0.293 e. The van der Waals surface area contributed by atoms with Crippen LogP contribution in [-0.4, -0.2) is 25.0 Å². The van der Waals surface area contributed by atoms with E-state index in [0.29, 0.717) is 13.2 Å². The van der Waals surface area contributed by atoms with E-state index >= 15 is 0 Å². The summed E-state index contributed by atoms with van der Waals surface area (Å²) in [7, 11) is 0. The van der Waals surface area contributed by atoms with E-state index in [1.807, 2.05) is 31.2 Å². The molecule has 0 bridgehead atoms. The summed E-state index contributed by atoms with van der Waals surface area (Å²) < 4.78 is 11.6. The van der Waals surface area contributed by atoms with E-state index < -0.39 is 22.7 Å². The summed E-state index contributed by atoms with van der Waals surface area (Å²) in [5.74, 6) is -1.86. The average Bonchev–Trinajstić information content (AvgIpc) is 3.14. The maximum atomic E-state index is 10.1. The highest BCUT2D eigenvalue weighted by molar-refractivity contribution is 6.00. The van der Waals surface area contributed by atoms with Crippen molar-refractivity contribution in [1.29, 1.82) is 10.5 Å². The molecule has 0 radical (unpaired) electrons. The van der Waals surface area contributed by atoms with Gasteiger partial charge in [0, 0.05) is 19.1 Å². The molecule has 0 spiro atoms. The van der Waals surface area contributed by atoms with Crippen molar-refractivity contribution in [1.82, 2.24) is 0 Å². The Hall–Kier alpha value is -2.41. The highest BCUT2D eigenvalue weighted by Gasteiger charge is 2.93. The van der Waals surface area contributed by atoms with Crippen LogP contribution in [0.5, 0.6) is 0 Å². The van der Waals surface area contributed by atoms with Gasteiger partial charge in [-0.1, -0.05) is 24.3 Å². The zero-order chi connectivity index (χ0) is 17.6. The van der Waals surface area contributed by atoms with Crippen LogP contribution in [0.25, 0.3) is 0 Å². The topological polar surface area (TPSA) is 104 Å². The zero-order valence-electron chi connectivity index (χ0n) is 14.0. The monoisotopic (exact) mass is 324 g/mol. The second-order valence-corrected chi connectivity index (χ2v) is 6.07. The van der Waals surface area contributed by atoms with Crippen LogP contribution < -0.4 is 5.73 Å². The van der Waals surface area contributed by atoms with Gasteiger partial charge in [-0.15, -0.1) is 0 Å². The van der Waals surface area contributed by atoms with Gasteiger partial charge in [-0.3, -0.25) is 0 Å². The van der Waals surface area contributed by atoms with Crippen molar-refractivity contribution >= 4 is 5.84 Å². The zero-order valence-corrected chi connectivity index (χ0v) is 14.0. The molecule has 0 amide bonds. The van der Waals surface area contributed by atoms with Gasteiger partial charge in [0.2, 0.25) is 0 Å². The summed E-state index contributed by atoms with van der Waals surface area (Å²) in [5, 5.41) is 20.1. The Morgan fingerprint density at radius 1 is 1.17 bits per heavy atom. The summed E-state index contributed by atoms with van der Waals surface area (Å²) >= 11 is 0. The van der Waals surface area contributed by atoms with Gasteiger partial charge < -0.3 is 15.2 Å². The minimum atomic E-state index is -1.54. The molecule has 0 unspecified atom stereocenters. The number of amidine groups is 1. The molecule has 0 saturated heterocycles. The lowest BCUT2D eigenvalue weighted by molar-refractivity contribution is -0.255. The predicted molar refractivity (Wildman–Crippen MR) is 87.6 cm³/mol. The van der Waals surface area contributed by atoms with Gasteiger partial charge in [0.15, 0.2) is 5.41 Å². The number of nitrogens with zero attached hydrogens (tertiary/aromatic N) is 3. The number of nitrogens with two attached hydrogens (primary N) is 1. The van der Waals surface area contributed by atoms with Crippen LogP contribution in [-0.2, 0) is 9.47 Å². The highest BCUT2D eigenvalue weighted by Crippen LogP contribution is 2.82. The molecule has 1 aliphatic carbocycles. The average molecular weight is 324 g/mol. The van der Waals surface area contributed by atoms with E-state index in [1.54, 1.807) is 13.8 Å². The van der Waals surface area contributed by atoms with Crippen LogP contribution in [0.1, 0.15) is 30.9 Å². The molecule has 3 atom stereocenters. The Morgan fingerprint density at radius 3 is 2.29 bits per heavy atom. The third kappa shape index (κ3) is 1.57. The number of fused-ring (bicyclic) bond motifs is 1. The maximum absolute atomic E-state index is 10.1. The Bertz CT molecular complexity index is 785. The van der Waals surface area contributed by atoms with Gasteiger partial charge in [0.05, 0.1) is 12.1 Å². The van der Waals surface area contributed by atoms with Gasteiger partial charge in [-0.05, 0) is 31.9 Å². The number of hydrogen-bond acceptors (Lipinski definition) is 6. The molecule has 1 aromatic carbocycles. The third-order valence-corrected chi connectivity index (χ3v) is 5.11. The first kappa shape index (κ1) is 16.4. The molecule has 0 aromatic heterocycles. The molecular formula is C18H20N4O2. The van der Waals surface area contributed by atoms with Crippen molar-refractivity contribution < 1.29 is 9.47 Å². The molecule has 6 nitrogen and oxygen atoms in total. The van der Waals surface area contributed by atoms with E-state index in [-0.39, 0.29) is 5.84 Å². The van der Waals surface area contributed by atoms with E-state index in [0.717, 1.165) is 11.1 Å². The molecule has 1 aromatic rings. The van der Waals surface area contributed by atoms with Crippen molar-refractivity contribution in [2.75, 3.05) is 13.2 Å². The van der Waals surface area contributed by atoms with Crippen LogP contribution in [0.4, 0.5) is 0 Å². The van der Waals surface area contributed by atoms with Gasteiger partial charge in [-0.2, -0.15) is 10.5 Å². The molecule has 1 aliphatic heterocycles. The lowest BCUT2D eigenvalue weighted by Crippen LogP contribution is -2.43. The number of hydrogen-bond donors (Lipinski definition) is 1. The molecule has 6 heteroatoms. The quantitative estimate of drug-likeness (QED) is 0.836. The van der Waals surface area contributed by atoms with Crippen LogP contribution in [0.15, 0.2) is 29.3 Å². The van der Waals surface area contributed by atoms with Crippen LogP contribution in [0, 0.1) is 40.4 Å². The van der Waals surface area contributed by atoms with E-state index in [4.69, 9.17) is 15.2 Å². The number of nitriles is 2. The summed E-state index contributed by atoms with van der Waals surface area (Å²) in [6, 6.07) is 12.3. The number of ether oxygens (including phenoxy) is 2. The SMILES string of the molecule is CCOC1(OCC)N=C(N)[C@]2(C#N)[C@H](c3ccccc3C)[C@@]12C#N. The summed E-state index contributed by atoms with van der Waals surface area (Å²) in [4.78, 5) is 4.33. The Balaban J connectivity index is 2.25. The van der Waals surface area contributed by atoms with E-state index in [1.165, 1.54) is 0 Å². The molecule has 2 N–H and O–H groups in total. The number of rotatable bonds is 5. The molecule has 1 fully saturated rings. The van der Waals surface area contributed by atoms with Gasteiger partial charge in [-0.25, -0.2) is 4.99 Å². The van der Waals surface area contributed by atoms with Crippen molar-refractivity contribution in [3.05, 3.63) is 35.4 Å². The summed E-state index contributed by atoms with van der Waals surface area (Å²) in [6.07, 6.45) is 0. The fourth-order valence-corrected chi connectivity index (χ4v) is 4.13. The minimum Gasteiger partial charge on any atom is -0.386 e. The summed E-state index contributed by atoms with van der Waals surface area (Å²) in [6.45, 7) is 6.14. The second-order valence-electron chi connectivity index (χ2n) is 6.07. The highest BCUT2D eigenvalue weighted by atomic mass is 16.7. The van der Waals surface area contributed by atoms with Crippen LogP contribution in [0.2, 0.25) is 0 Å². The lowest BCUT2D eigenvalue weighted by atomic mass is 9.93. The minimum absolute atomic E-state index is 0.113. The predicted octanol–water partition coefficient (Wildman–Crippen LogP) is 2.21. The van der Waals surface area contributed by atoms with E-state index in [2.05, 4.69) is 17.1 Å². The summed E-state index contributed by atoms with van der Waals surface area (Å²) in [5.41, 5.74) is 5.55. The van der Waals surface area contributed by atoms with Crippen molar-refractivity contribution in [2.45, 2.75) is 32.6 Å². The molecule has 1 heterocycles. The largest absolute Gasteiger partial charge is 0.386 e. The first-order valence-electron chi connectivity index (χ1n) is 8.03. The van der Waals surface area contributed by atoms with Crippen molar-refractivity contribution in [2.24, 2.45) is 21.6 Å². The molecule has 3 rings (SSSR count). The molecule has 2 aliphatic rings. The van der Waals surface area contributed by atoms with Crippen LogP contribution >= 0.6 is 0 Å². The Morgan fingerprint density at radius 2 is 1.79 bits per heavy atom. The first-order valence-corrected chi connectivity index (χ1v) is 8.03. The number of aryl methyl sites for hydroxylation is 1. The lowest BCUT2D eigenvalue weighted by Gasteiger charge is -2.31. The number of benzene rings is 1. The van der Waals surface area contributed by atoms with E-state index in [9.17, 15) is 10.5 Å². The van der Waals surface area contributed by atoms with Gasteiger partial charge in [0.1, 0.15) is 11.3 Å². The first-order chi connectivity index (χ1) is 11.5. The van der Waals surface area contributed by atoms with Crippen LogP contribution in [0.3, 0.4) is 0 Å². The molecular weight excluding hydrogens is 304 g/mol. The second kappa shape index (κ2) is 5.31. The number of aliphatic imine (C=N–C) groups is 1. The third-order valence-electron chi connectivity index (χ3n) is 5.11. The molecule has 124 valence electrons. The Labute approximate surface area is 141 Å². The van der Waals surface area contributed by atoms with Gasteiger partial charge in [0.25, 0.3) is 5.91 Å². The van der Waals surface area contributed by atoms with Gasteiger partial charge >= 0.3 is 0 Å². The molecule has 24 heavy (non-hydrogen) atoms. The molecule has 1 saturated carbocycles. The van der Waals surface area contributed by atoms with Crippen molar-refractivity contribution in [3.8, 4) is 12.1 Å². The fraction of sp³-hybridized carbons (Fsp3) is 0.500. The fourth-order valence-electron chi connectivity index (χ4n) is 4.13. The standard InChI is InChI=1S/C18H20N4O2/c1-4-23-18(24-5-2)17(11-20)14(13-9-7-6-8-12(13)3)16(17,10-19)15(21)22-18/h6-9,14H,4-5H2,1-3H3,(H2,21,22)/t14-,16-,17+/m0/s1. The normalized spacial score (nSPS) is 32.4. The van der Waals surface area contributed by atoms with Crippen molar-refractivity contribution in [3.63, 3.8) is 0 Å². The maximum Gasteiger partial charge on any atom is 0.293 e.